The van der Waals surface area contributed by atoms with Crippen LogP contribution in [0.15, 0.2) is 35.9 Å². The molecular formula is C36H56O10. The van der Waals surface area contributed by atoms with Crippen LogP contribution in [0.2, 0.25) is 0 Å². The zero-order chi connectivity index (χ0) is 33.8. The zero-order valence-corrected chi connectivity index (χ0v) is 28.9. The third kappa shape index (κ3) is 13.6. The van der Waals surface area contributed by atoms with Gasteiger partial charge in [0.1, 0.15) is 24.7 Å². The van der Waals surface area contributed by atoms with Crippen LogP contribution in [0.4, 0.5) is 0 Å². The van der Waals surface area contributed by atoms with Gasteiger partial charge < -0.3 is 37.9 Å². The average molecular weight is 649 g/mol. The number of carbonyl (C=O) groups excluding carboxylic acids is 2. The Morgan fingerprint density at radius 2 is 1.33 bits per heavy atom. The fourth-order valence-electron chi connectivity index (χ4n) is 5.76. The lowest BCUT2D eigenvalue weighted by molar-refractivity contribution is -0.140. The maximum absolute atomic E-state index is 13.2. The van der Waals surface area contributed by atoms with Crippen LogP contribution in [0.5, 0.6) is 11.5 Å². The highest BCUT2D eigenvalue weighted by atomic mass is 16.6. The van der Waals surface area contributed by atoms with Crippen molar-refractivity contribution in [2.75, 3.05) is 80.3 Å². The van der Waals surface area contributed by atoms with Crippen LogP contribution >= 0.6 is 0 Å². The molecule has 2 unspecified atom stereocenters. The summed E-state index contributed by atoms with van der Waals surface area (Å²) in [5.41, 5.74) is 3.09. The Balaban J connectivity index is 2.41. The van der Waals surface area contributed by atoms with Crippen molar-refractivity contribution in [3.8, 4) is 11.5 Å². The molecule has 0 spiro atoms. The van der Waals surface area contributed by atoms with Crippen LogP contribution in [-0.4, -0.2) is 92.2 Å². The first-order valence-corrected chi connectivity index (χ1v) is 16.4. The second-order valence-corrected chi connectivity index (χ2v) is 11.9. The zero-order valence-electron chi connectivity index (χ0n) is 28.9. The number of hydrogen-bond donors (Lipinski definition) is 0. The second kappa shape index (κ2) is 22.1. The molecule has 2 atom stereocenters. The molecule has 1 aliphatic rings. The van der Waals surface area contributed by atoms with E-state index in [0.29, 0.717) is 56.7 Å². The number of benzene rings is 1. The van der Waals surface area contributed by atoms with Gasteiger partial charge in [0.2, 0.25) is 0 Å². The molecule has 0 aliphatic heterocycles. The molecule has 0 fully saturated rings. The minimum Gasteiger partial charge on any atom is -0.424 e. The molecular weight excluding hydrogens is 592 g/mol. The van der Waals surface area contributed by atoms with Crippen molar-refractivity contribution >= 4 is 11.9 Å². The predicted molar refractivity (Wildman–Crippen MR) is 177 cm³/mol. The lowest BCUT2D eigenvalue weighted by atomic mass is 9.63. The van der Waals surface area contributed by atoms with E-state index in [2.05, 4.69) is 33.4 Å². The molecule has 0 saturated heterocycles. The molecule has 1 aromatic rings. The lowest BCUT2D eigenvalue weighted by Crippen LogP contribution is -2.35. The van der Waals surface area contributed by atoms with Gasteiger partial charge in [0, 0.05) is 25.2 Å². The fourth-order valence-corrected chi connectivity index (χ4v) is 5.76. The number of allylic oxidation sites excluding steroid dienone is 3. The SMILES string of the molecule is C=C(C)C1CCC(C)=CC1(C)c1c(OC(=O)COCCOCCOC)cc(CCCCC)cc1OC(=O)COCCOCCOC. The monoisotopic (exact) mass is 648 g/mol. The lowest BCUT2D eigenvalue weighted by Gasteiger charge is -2.41. The molecule has 0 bridgehead atoms. The van der Waals surface area contributed by atoms with Crippen molar-refractivity contribution in [2.45, 2.75) is 71.6 Å². The van der Waals surface area contributed by atoms with E-state index in [0.717, 1.165) is 49.7 Å². The van der Waals surface area contributed by atoms with Gasteiger partial charge in [-0.15, -0.1) is 0 Å². The molecule has 10 heteroatoms. The Kier molecular flexibility index (Phi) is 19.0. The van der Waals surface area contributed by atoms with E-state index in [4.69, 9.17) is 37.9 Å². The van der Waals surface area contributed by atoms with E-state index in [-0.39, 0.29) is 32.3 Å². The van der Waals surface area contributed by atoms with Crippen LogP contribution in [0.25, 0.3) is 0 Å². The van der Waals surface area contributed by atoms with Crippen LogP contribution in [-0.2, 0) is 49.8 Å². The van der Waals surface area contributed by atoms with Crippen LogP contribution in [0, 0.1) is 5.92 Å². The molecule has 46 heavy (non-hydrogen) atoms. The summed E-state index contributed by atoms with van der Waals surface area (Å²) >= 11 is 0. The molecule has 0 heterocycles. The largest absolute Gasteiger partial charge is 0.424 e. The van der Waals surface area contributed by atoms with Gasteiger partial charge >= 0.3 is 11.9 Å². The summed E-state index contributed by atoms with van der Waals surface area (Å²) in [5, 5.41) is 0. The maximum atomic E-state index is 13.2. The number of aryl methyl sites for hydroxylation is 1. The summed E-state index contributed by atoms with van der Waals surface area (Å²) < 4.78 is 44.0. The number of methoxy groups -OCH3 is 2. The van der Waals surface area contributed by atoms with Gasteiger partial charge in [-0.25, -0.2) is 9.59 Å². The number of unbranched alkanes of at least 4 members (excludes halogenated alkanes) is 2. The summed E-state index contributed by atoms with van der Waals surface area (Å²) in [6, 6.07) is 3.81. The summed E-state index contributed by atoms with van der Waals surface area (Å²) in [6.07, 6.45) is 7.77. The highest BCUT2D eigenvalue weighted by Crippen LogP contribution is 2.51. The summed E-state index contributed by atoms with van der Waals surface area (Å²) in [6.45, 7) is 15.1. The smallest absolute Gasteiger partial charge is 0.337 e. The molecule has 2 rings (SSSR count). The molecule has 260 valence electrons. The van der Waals surface area contributed by atoms with Gasteiger partial charge in [-0.2, -0.15) is 0 Å². The van der Waals surface area contributed by atoms with E-state index in [1.807, 2.05) is 19.1 Å². The van der Waals surface area contributed by atoms with Gasteiger partial charge in [0.05, 0.1) is 52.9 Å². The molecule has 1 aliphatic carbocycles. The van der Waals surface area contributed by atoms with E-state index in [9.17, 15) is 9.59 Å². The third-order valence-corrected chi connectivity index (χ3v) is 7.92. The molecule has 0 radical (unpaired) electrons. The molecule has 10 nitrogen and oxygen atoms in total. The van der Waals surface area contributed by atoms with Gasteiger partial charge in [-0.1, -0.05) is 50.5 Å². The van der Waals surface area contributed by atoms with Crippen molar-refractivity contribution in [2.24, 2.45) is 5.92 Å². The Hall–Kier alpha value is -2.60. The predicted octanol–water partition coefficient (Wildman–Crippen LogP) is 5.78. The minimum absolute atomic E-state index is 0.0260. The highest BCUT2D eigenvalue weighted by molar-refractivity contribution is 5.77. The summed E-state index contributed by atoms with van der Waals surface area (Å²) in [5.74, 6) is -0.365. The van der Waals surface area contributed by atoms with Gasteiger partial charge in [-0.05, 0) is 63.1 Å². The molecule has 1 aromatic carbocycles. The summed E-state index contributed by atoms with van der Waals surface area (Å²) in [7, 11) is 3.21. The van der Waals surface area contributed by atoms with Gasteiger partial charge in [-0.3, -0.25) is 0 Å². The van der Waals surface area contributed by atoms with Crippen molar-refractivity contribution < 1.29 is 47.5 Å². The molecule has 0 N–H and O–H groups in total. The summed E-state index contributed by atoms with van der Waals surface area (Å²) in [4.78, 5) is 26.3. The van der Waals surface area contributed by atoms with Crippen LogP contribution < -0.4 is 9.47 Å². The first kappa shape index (κ1) is 39.6. The topological polar surface area (TPSA) is 108 Å². The van der Waals surface area contributed by atoms with E-state index >= 15 is 0 Å². The Morgan fingerprint density at radius 3 is 1.80 bits per heavy atom. The van der Waals surface area contributed by atoms with Crippen LogP contribution in [0.1, 0.15) is 70.9 Å². The minimum atomic E-state index is -0.659. The first-order chi connectivity index (χ1) is 22.2. The van der Waals surface area contributed by atoms with E-state index in [1.54, 1.807) is 14.2 Å². The Bertz CT molecular complexity index is 1060. The third-order valence-electron chi connectivity index (χ3n) is 7.92. The Morgan fingerprint density at radius 1 is 0.826 bits per heavy atom. The number of ether oxygens (including phenoxy) is 8. The average Bonchev–Trinajstić information content (AvgIpc) is 3.00. The first-order valence-electron chi connectivity index (χ1n) is 16.4. The Labute approximate surface area is 275 Å². The van der Waals surface area contributed by atoms with Crippen LogP contribution in [0.3, 0.4) is 0 Å². The fraction of sp³-hybridized carbons (Fsp3) is 0.667. The molecule has 0 amide bonds. The number of rotatable bonds is 24. The number of esters is 2. The van der Waals surface area contributed by atoms with E-state index < -0.39 is 17.4 Å². The highest BCUT2D eigenvalue weighted by Gasteiger charge is 2.42. The van der Waals surface area contributed by atoms with Crippen molar-refractivity contribution in [3.05, 3.63) is 47.1 Å². The number of carbonyl (C=O) groups is 2. The van der Waals surface area contributed by atoms with Crippen molar-refractivity contribution in [3.63, 3.8) is 0 Å². The quantitative estimate of drug-likeness (QED) is 0.0593. The second-order valence-electron chi connectivity index (χ2n) is 11.9. The van der Waals surface area contributed by atoms with Crippen molar-refractivity contribution in [1.29, 1.82) is 0 Å². The standard InChI is InChI=1S/C36H56O10/c1-8-9-10-11-29-22-31(45-33(37)25-43-20-18-41-16-14-39-6)35(36(5)24-28(4)12-13-30(36)27(2)3)32(23-29)46-34(38)26-44-21-19-42-17-15-40-7/h22-24,30H,2,8-21,25-26H2,1,3-7H3. The van der Waals surface area contributed by atoms with Gasteiger partial charge in [0.25, 0.3) is 0 Å². The maximum Gasteiger partial charge on any atom is 0.337 e. The van der Waals surface area contributed by atoms with Gasteiger partial charge in [0.15, 0.2) is 0 Å². The normalized spacial score (nSPS) is 17.9. The van der Waals surface area contributed by atoms with E-state index in [1.165, 1.54) is 5.57 Å². The molecule has 0 saturated carbocycles. The van der Waals surface area contributed by atoms with Crippen molar-refractivity contribution in [1.82, 2.24) is 0 Å². The number of hydrogen-bond acceptors (Lipinski definition) is 10. The molecule has 0 aromatic heterocycles.